The Balaban J connectivity index is 1.45. The molecule has 7 nitrogen and oxygen atoms in total. The predicted molar refractivity (Wildman–Crippen MR) is 125 cm³/mol. The number of hydrogen-bond donors (Lipinski definition) is 4. The van der Waals surface area contributed by atoms with Gasteiger partial charge in [-0.3, -0.25) is 4.79 Å². The van der Waals surface area contributed by atoms with Crippen LogP contribution in [0, 0.1) is 0 Å². The lowest BCUT2D eigenvalue weighted by Crippen LogP contribution is -2.21. The van der Waals surface area contributed by atoms with Crippen LogP contribution in [0.1, 0.15) is 33.8 Å². The number of amides is 1. The molecule has 0 saturated heterocycles. The molecule has 4 aromatic rings. The van der Waals surface area contributed by atoms with Crippen molar-refractivity contribution in [1.29, 1.82) is 0 Å². The highest BCUT2D eigenvalue weighted by atomic mass is 32.1. The van der Waals surface area contributed by atoms with Gasteiger partial charge in [0.05, 0.1) is 21.6 Å². The number of thiophene rings is 1. The second-order valence-corrected chi connectivity index (χ2v) is 8.29. The van der Waals surface area contributed by atoms with E-state index < -0.39 is 6.10 Å². The molecule has 32 heavy (non-hydrogen) atoms. The molecule has 0 aliphatic carbocycles. The minimum atomic E-state index is -0.563. The zero-order valence-corrected chi connectivity index (χ0v) is 18.1. The molecule has 4 N–H and O–H groups in total. The van der Waals surface area contributed by atoms with Gasteiger partial charge < -0.3 is 20.8 Å². The number of rotatable bonds is 7. The van der Waals surface area contributed by atoms with Gasteiger partial charge in [-0.05, 0) is 60.5 Å². The van der Waals surface area contributed by atoms with E-state index in [9.17, 15) is 15.0 Å². The van der Waals surface area contributed by atoms with Crippen molar-refractivity contribution < 1.29 is 15.0 Å². The molecule has 2 aromatic carbocycles. The van der Waals surface area contributed by atoms with Gasteiger partial charge in [0.1, 0.15) is 5.75 Å². The van der Waals surface area contributed by atoms with Crippen LogP contribution in [0.2, 0.25) is 0 Å². The minimum Gasteiger partial charge on any atom is -0.508 e. The number of anilines is 2. The number of benzene rings is 2. The van der Waals surface area contributed by atoms with Crippen LogP contribution < -0.4 is 10.6 Å². The van der Waals surface area contributed by atoms with E-state index in [4.69, 9.17) is 0 Å². The molecule has 8 heteroatoms. The van der Waals surface area contributed by atoms with Crippen LogP contribution in [0.5, 0.6) is 5.75 Å². The van der Waals surface area contributed by atoms with Crippen LogP contribution in [-0.2, 0) is 6.54 Å². The van der Waals surface area contributed by atoms with E-state index in [1.807, 2.05) is 36.4 Å². The first-order valence-corrected chi connectivity index (χ1v) is 10.8. The second-order valence-electron chi connectivity index (χ2n) is 7.21. The van der Waals surface area contributed by atoms with E-state index >= 15 is 0 Å². The Morgan fingerprint density at radius 1 is 1.09 bits per heavy atom. The van der Waals surface area contributed by atoms with Crippen molar-refractivity contribution in [3.8, 4) is 16.3 Å². The van der Waals surface area contributed by atoms with Gasteiger partial charge in [0.2, 0.25) is 5.95 Å². The summed E-state index contributed by atoms with van der Waals surface area (Å²) in [6.45, 7) is 2.04. The van der Waals surface area contributed by atoms with Crippen LogP contribution in [0.15, 0.2) is 72.9 Å². The van der Waals surface area contributed by atoms with E-state index in [-0.39, 0.29) is 11.7 Å². The zero-order valence-electron chi connectivity index (χ0n) is 17.3. The standard InChI is InChI=1S/C24H22N4O3S/c1-15(29)17-5-3-6-18(13-17)27-24-25-11-10-20(28-24)21-8-9-22(32-21)23(31)26-14-16-4-2-7-19(30)12-16/h2-13,15,29-30H,14H2,1H3,(H,26,31)(H,25,27,28). The first-order valence-electron chi connectivity index (χ1n) is 10.0. The Morgan fingerprint density at radius 2 is 1.94 bits per heavy atom. The highest BCUT2D eigenvalue weighted by molar-refractivity contribution is 7.17. The molecule has 0 spiro atoms. The number of hydrogen-bond acceptors (Lipinski definition) is 7. The van der Waals surface area contributed by atoms with Gasteiger partial charge in [-0.2, -0.15) is 0 Å². The summed E-state index contributed by atoms with van der Waals surface area (Å²) in [5.41, 5.74) is 3.09. The number of nitrogens with zero attached hydrogens (tertiary/aromatic N) is 2. The number of aromatic hydroxyl groups is 1. The van der Waals surface area contributed by atoms with Gasteiger partial charge in [-0.25, -0.2) is 9.97 Å². The van der Waals surface area contributed by atoms with Gasteiger partial charge in [-0.1, -0.05) is 24.3 Å². The summed E-state index contributed by atoms with van der Waals surface area (Å²) in [7, 11) is 0. The fourth-order valence-electron chi connectivity index (χ4n) is 3.10. The second kappa shape index (κ2) is 9.59. The van der Waals surface area contributed by atoms with Crippen molar-refractivity contribution in [1.82, 2.24) is 15.3 Å². The number of aliphatic hydroxyl groups is 1. The number of aromatic nitrogens is 2. The molecule has 162 valence electrons. The van der Waals surface area contributed by atoms with Gasteiger partial charge in [0.15, 0.2) is 0 Å². The van der Waals surface area contributed by atoms with Crippen molar-refractivity contribution in [3.63, 3.8) is 0 Å². The van der Waals surface area contributed by atoms with Crippen molar-refractivity contribution in [2.45, 2.75) is 19.6 Å². The molecule has 0 aliphatic heterocycles. The molecule has 0 radical (unpaired) electrons. The molecular weight excluding hydrogens is 424 g/mol. The first-order chi connectivity index (χ1) is 15.5. The molecule has 1 atom stereocenters. The maximum atomic E-state index is 12.5. The summed E-state index contributed by atoms with van der Waals surface area (Å²) in [5.74, 6) is 0.404. The summed E-state index contributed by atoms with van der Waals surface area (Å²) < 4.78 is 0. The lowest BCUT2D eigenvalue weighted by Gasteiger charge is -2.09. The van der Waals surface area contributed by atoms with E-state index in [0.29, 0.717) is 23.1 Å². The van der Waals surface area contributed by atoms with Gasteiger partial charge in [0.25, 0.3) is 5.91 Å². The fraction of sp³-hybridized carbons (Fsp3) is 0.125. The average Bonchev–Trinajstić information content (AvgIpc) is 3.28. The van der Waals surface area contributed by atoms with Gasteiger partial charge in [0, 0.05) is 18.4 Å². The van der Waals surface area contributed by atoms with E-state index in [2.05, 4.69) is 20.6 Å². The number of carbonyl (C=O) groups excluding carboxylic acids is 1. The highest BCUT2D eigenvalue weighted by Gasteiger charge is 2.12. The van der Waals surface area contributed by atoms with E-state index in [1.165, 1.54) is 11.3 Å². The van der Waals surface area contributed by atoms with Crippen molar-refractivity contribution in [2.24, 2.45) is 0 Å². The molecule has 4 rings (SSSR count). The van der Waals surface area contributed by atoms with Crippen LogP contribution in [0.3, 0.4) is 0 Å². The maximum absolute atomic E-state index is 12.5. The van der Waals surface area contributed by atoms with Gasteiger partial charge in [-0.15, -0.1) is 11.3 Å². The van der Waals surface area contributed by atoms with Crippen LogP contribution in [0.4, 0.5) is 11.6 Å². The van der Waals surface area contributed by atoms with Crippen molar-refractivity contribution in [3.05, 3.63) is 88.9 Å². The SMILES string of the molecule is CC(O)c1cccc(Nc2nccc(-c3ccc(C(=O)NCc4cccc(O)c4)s3)n2)c1. The summed E-state index contributed by atoms with van der Waals surface area (Å²) in [5, 5.41) is 25.3. The summed E-state index contributed by atoms with van der Waals surface area (Å²) in [6.07, 6.45) is 1.09. The van der Waals surface area contributed by atoms with Crippen molar-refractivity contribution >= 4 is 28.9 Å². The monoisotopic (exact) mass is 446 g/mol. The van der Waals surface area contributed by atoms with Gasteiger partial charge >= 0.3 is 0 Å². The normalized spacial score (nSPS) is 11.7. The minimum absolute atomic E-state index is 0.168. The van der Waals surface area contributed by atoms with Crippen LogP contribution in [0.25, 0.3) is 10.6 Å². The quantitative estimate of drug-likeness (QED) is 0.330. The summed E-state index contributed by atoms with van der Waals surface area (Å²) in [6, 6.07) is 19.6. The third-order valence-electron chi connectivity index (χ3n) is 4.73. The Hall–Kier alpha value is -3.75. The summed E-state index contributed by atoms with van der Waals surface area (Å²) >= 11 is 1.34. The lowest BCUT2D eigenvalue weighted by atomic mass is 10.1. The zero-order chi connectivity index (χ0) is 22.5. The Bertz CT molecular complexity index is 1240. The van der Waals surface area contributed by atoms with E-state index in [0.717, 1.165) is 21.7 Å². The number of nitrogens with one attached hydrogen (secondary N) is 2. The van der Waals surface area contributed by atoms with Crippen molar-refractivity contribution in [2.75, 3.05) is 5.32 Å². The third-order valence-corrected chi connectivity index (χ3v) is 5.83. The molecule has 0 saturated carbocycles. The van der Waals surface area contributed by atoms with Crippen LogP contribution in [-0.4, -0.2) is 26.1 Å². The number of carbonyl (C=O) groups is 1. The van der Waals surface area contributed by atoms with E-state index in [1.54, 1.807) is 43.5 Å². The predicted octanol–water partition coefficient (Wildman–Crippen LogP) is 4.64. The molecule has 0 bridgehead atoms. The fourth-order valence-corrected chi connectivity index (χ4v) is 3.99. The summed E-state index contributed by atoms with van der Waals surface area (Å²) in [4.78, 5) is 22.7. The Kier molecular flexibility index (Phi) is 6.44. The molecule has 0 fully saturated rings. The molecule has 2 aromatic heterocycles. The smallest absolute Gasteiger partial charge is 0.261 e. The molecule has 1 amide bonds. The topological polar surface area (TPSA) is 107 Å². The number of phenols is 1. The largest absolute Gasteiger partial charge is 0.508 e. The first kappa shape index (κ1) is 21.5. The Labute approximate surface area is 189 Å². The highest BCUT2D eigenvalue weighted by Crippen LogP contribution is 2.28. The van der Waals surface area contributed by atoms with Crippen LogP contribution >= 0.6 is 11.3 Å². The lowest BCUT2D eigenvalue weighted by molar-refractivity contribution is 0.0955. The maximum Gasteiger partial charge on any atom is 0.261 e. The molecule has 1 unspecified atom stereocenters. The average molecular weight is 447 g/mol. The third kappa shape index (κ3) is 5.29. The molecule has 2 heterocycles. The number of phenolic OH excluding ortho intramolecular Hbond substituents is 1. The molecule has 0 aliphatic rings. The Morgan fingerprint density at radius 3 is 2.75 bits per heavy atom. The number of aliphatic hydroxyl groups excluding tert-OH is 1. The molecular formula is C24H22N4O3S.